The fourth-order valence-corrected chi connectivity index (χ4v) is 3.54. The van der Waals surface area contributed by atoms with Crippen LogP contribution in [0.5, 0.6) is 0 Å². The molecule has 1 unspecified atom stereocenters. The maximum atomic E-state index is 13.1. The molecule has 4 rings (SSSR count). The summed E-state index contributed by atoms with van der Waals surface area (Å²) in [5.74, 6) is 0.373. The third-order valence-corrected chi connectivity index (χ3v) is 5.00. The Morgan fingerprint density at radius 1 is 1.15 bits per heavy atom. The Morgan fingerprint density at radius 3 is 2.78 bits per heavy atom. The molecule has 0 bridgehead atoms. The summed E-state index contributed by atoms with van der Waals surface area (Å²) in [6.07, 6.45) is 2.50. The van der Waals surface area contributed by atoms with Crippen LogP contribution in [0, 0.1) is 6.92 Å². The largest absolute Gasteiger partial charge is 0.350 e. The Balaban J connectivity index is 1.54. The molecule has 3 aromatic rings. The lowest BCUT2D eigenvalue weighted by Crippen LogP contribution is -2.36. The van der Waals surface area contributed by atoms with E-state index in [1.165, 1.54) is 16.7 Å². The van der Waals surface area contributed by atoms with Gasteiger partial charge in [0.25, 0.3) is 5.91 Å². The van der Waals surface area contributed by atoms with Crippen LogP contribution in [0.25, 0.3) is 0 Å². The van der Waals surface area contributed by atoms with Crippen molar-refractivity contribution in [2.45, 2.75) is 32.9 Å². The normalized spacial score (nSPS) is 15.5. The van der Waals surface area contributed by atoms with Crippen molar-refractivity contribution in [2.24, 2.45) is 0 Å². The van der Waals surface area contributed by atoms with Crippen molar-refractivity contribution in [1.29, 1.82) is 0 Å². The number of carbonyl (C=O) groups is 1. The van der Waals surface area contributed by atoms with Crippen LogP contribution in [-0.2, 0) is 13.0 Å². The number of anilines is 2. The molecule has 0 spiro atoms. The fraction of sp³-hybridized carbons (Fsp3) is 0.227. The van der Waals surface area contributed by atoms with E-state index in [0.717, 1.165) is 12.1 Å². The monoisotopic (exact) mass is 358 g/mol. The number of fused-ring (bicyclic) bond motifs is 1. The second kappa shape index (κ2) is 7.19. The lowest BCUT2D eigenvalue weighted by Gasteiger charge is -2.22. The number of hydrogen-bond acceptors (Lipinski definition) is 4. The van der Waals surface area contributed by atoms with Gasteiger partial charge in [-0.3, -0.25) is 4.79 Å². The molecule has 0 radical (unpaired) electrons. The fourth-order valence-electron chi connectivity index (χ4n) is 3.54. The number of rotatable bonds is 4. The molecule has 0 saturated heterocycles. The number of aromatic nitrogens is 2. The second-order valence-electron chi connectivity index (χ2n) is 6.90. The Morgan fingerprint density at radius 2 is 1.93 bits per heavy atom. The number of nitrogens with zero attached hydrogens (tertiary/aromatic N) is 3. The highest BCUT2D eigenvalue weighted by molar-refractivity contribution is 6.06. The smallest absolute Gasteiger partial charge is 0.277 e. The second-order valence-corrected chi connectivity index (χ2v) is 6.90. The van der Waals surface area contributed by atoms with Crippen LogP contribution in [-0.4, -0.2) is 21.9 Å². The van der Waals surface area contributed by atoms with Crippen LogP contribution in [0.2, 0.25) is 0 Å². The van der Waals surface area contributed by atoms with Crippen LogP contribution in [0.1, 0.15) is 34.1 Å². The lowest BCUT2D eigenvalue weighted by molar-refractivity contribution is 0.0976. The lowest BCUT2D eigenvalue weighted by atomic mass is 10.1. The molecule has 1 atom stereocenters. The Kier molecular flexibility index (Phi) is 4.59. The summed E-state index contributed by atoms with van der Waals surface area (Å²) in [7, 11) is 0. The minimum atomic E-state index is -0.0891. The van der Waals surface area contributed by atoms with E-state index >= 15 is 0 Å². The maximum absolute atomic E-state index is 13.1. The van der Waals surface area contributed by atoms with Crippen LogP contribution in [0.15, 0.2) is 60.8 Å². The number of benzene rings is 2. The highest BCUT2D eigenvalue weighted by atomic mass is 16.2. The predicted molar refractivity (Wildman–Crippen MR) is 107 cm³/mol. The first-order valence-corrected chi connectivity index (χ1v) is 9.16. The van der Waals surface area contributed by atoms with Crippen molar-refractivity contribution in [1.82, 2.24) is 9.97 Å². The van der Waals surface area contributed by atoms with E-state index in [2.05, 4.69) is 47.3 Å². The molecule has 1 N–H and O–H groups in total. The van der Waals surface area contributed by atoms with E-state index in [-0.39, 0.29) is 11.9 Å². The first kappa shape index (κ1) is 17.2. The maximum Gasteiger partial charge on any atom is 0.277 e. The first-order valence-electron chi connectivity index (χ1n) is 9.16. The van der Waals surface area contributed by atoms with Gasteiger partial charge in [0.15, 0.2) is 0 Å². The topological polar surface area (TPSA) is 58.1 Å². The van der Waals surface area contributed by atoms with E-state index in [1.807, 2.05) is 35.2 Å². The molecule has 1 aliphatic rings. The van der Waals surface area contributed by atoms with Crippen molar-refractivity contribution in [3.05, 3.63) is 83.2 Å². The van der Waals surface area contributed by atoms with E-state index in [0.29, 0.717) is 18.2 Å². The van der Waals surface area contributed by atoms with Crippen LogP contribution in [0.3, 0.4) is 0 Å². The van der Waals surface area contributed by atoms with Crippen LogP contribution >= 0.6 is 0 Å². The summed E-state index contributed by atoms with van der Waals surface area (Å²) < 4.78 is 0. The molecule has 2 heterocycles. The average Bonchev–Trinajstić information content (AvgIpc) is 3.02. The third-order valence-electron chi connectivity index (χ3n) is 5.00. The van der Waals surface area contributed by atoms with Crippen molar-refractivity contribution >= 4 is 17.5 Å². The number of carbonyl (C=O) groups excluding carboxylic acids is 1. The Labute approximate surface area is 159 Å². The number of amides is 1. The average molecular weight is 358 g/mol. The molecule has 136 valence electrons. The van der Waals surface area contributed by atoms with Gasteiger partial charge < -0.3 is 10.2 Å². The van der Waals surface area contributed by atoms with Crippen molar-refractivity contribution < 1.29 is 4.79 Å². The standard InChI is InChI=1S/C22H22N4O/c1-15-7-3-4-9-18(15)14-24-22-23-12-11-19(25-22)21(27)26-16(2)13-17-8-5-6-10-20(17)26/h3-12,16H,13-14H2,1-2H3,(H,23,24,25). The van der Waals surface area contributed by atoms with Gasteiger partial charge in [0.1, 0.15) is 5.69 Å². The van der Waals surface area contributed by atoms with E-state index in [9.17, 15) is 4.79 Å². The zero-order valence-corrected chi connectivity index (χ0v) is 15.5. The van der Waals surface area contributed by atoms with Gasteiger partial charge in [0.2, 0.25) is 5.95 Å². The molecular formula is C22H22N4O. The zero-order valence-electron chi connectivity index (χ0n) is 15.5. The number of nitrogens with one attached hydrogen (secondary N) is 1. The first-order chi connectivity index (χ1) is 13.1. The molecule has 1 aromatic heterocycles. The number of para-hydroxylation sites is 1. The van der Waals surface area contributed by atoms with Gasteiger partial charge in [-0.2, -0.15) is 0 Å². The molecular weight excluding hydrogens is 336 g/mol. The van der Waals surface area contributed by atoms with Crippen LogP contribution in [0.4, 0.5) is 11.6 Å². The highest BCUT2D eigenvalue weighted by Gasteiger charge is 2.31. The Hall–Kier alpha value is -3.21. The Bertz CT molecular complexity index is 985. The van der Waals surface area contributed by atoms with Gasteiger partial charge in [-0.1, -0.05) is 42.5 Å². The summed E-state index contributed by atoms with van der Waals surface area (Å²) in [6, 6.07) is 18.0. The van der Waals surface area contributed by atoms with E-state index < -0.39 is 0 Å². The van der Waals surface area contributed by atoms with Gasteiger partial charge in [-0.15, -0.1) is 0 Å². The van der Waals surface area contributed by atoms with Gasteiger partial charge in [0.05, 0.1) is 0 Å². The summed E-state index contributed by atoms with van der Waals surface area (Å²) in [4.78, 5) is 23.7. The minimum Gasteiger partial charge on any atom is -0.350 e. The van der Waals surface area contributed by atoms with Gasteiger partial charge >= 0.3 is 0 Å². The SMILES string of the molecule is Cc1ccccc1CNc1nccc(C(=O)N2c3ccccc3CC2C)n1. The van der Waals surface area contributed by atoms with Crippen molar-refractivity contribution in [3.63, 3.8) is 0 Å². The molecule has 1 amide bonds. The number of aryl methyl sites for hydroxylation is 1. The summed E-state index contributed by atoms with van der Waals surface area (Å²) in [5.41, 5.74) is 4.97. The molecule has 0 aliphatic carbocycles. The molecule has 0 saturated carbocycles. The van der Waals surface area contributed by atoms with Gasteiger partial charge in [0, 0.05) is 24.5 Å². The molecule has 5 nitrogen and oxygen atoms in total. The van der Waals surface area contributed by atoms with Crippen molar-refractivity contribution in [2.75, 3.05) is 10.2 Å². The summed E-state index contributed by atoms with van der Waals surface area (Å²) in [5, 5.41) is 3.23. The molecule has 27 heavy (non-hydrogen) atoms. The molecule has 5 heteroatoms. The summed E-state index contributed by atoms with van der Waals surface area (Å²) in [6.45, 7) is 4.76. The van der Waals surface area contributed by atoms with Crippen LogP contribution < -0.4 is 10.2 Å². The molecule has 1 aliphatic heterocycles. The third kappa shape index (κ3) is 3.40. The number of hydrogen-bond donors (Lipinski definition) is 1. The summed E-state index contributed by atoms with van der Waals surface area (Å²) >= 11 is 0. The van der Waals surface area contributed by atoms with E-state index in [4.69, 9.17) is 0 Å². The van der Waals surface area contributed by atoms with Gasteiger partial charge in [-0.05, 0) is 49.1 Å². The minimum absolute atomic E-state index is 0.0891. The highest BCUT2D eigenvalue weighted by Crippen LogP contribution is 2.32. The quantitative estimate of drug-likeness (QED) is 0.766. The molecule has 0 fully saturated rings. The predicted octanol–water partition coefficient (Wildman–Crippen LogP) is 3.99. The van der Waals surface area contributed by atoms with Gasteiger partial charge in [-0.25, -0.2) is 9.97 Å². The zero-order chi connectivity index (χ0) is 18.8. The van der Waals surface area contributed by atoms with E-state index in [1.54, 1.807) is 12.3 Å². The molecule has 2 aromatic carbocycles. The van der Waals surface area contributed by atoms with Crippen molar-refractivity contribution in [3.8, 4) is 0 Å².